The van der Waals surface area contributed by atoms with E-state index >= 15 is 0 Å². The lowest BCUT2D eigenvalue weighted by Gasteiger charge is -2.33. The number of aliphatic imine (C=N–C) groups is 1. The molecule has 9 heteroatoms. The molecule has 1 saturated heterocycles. The fourth-order valence-corrected chi connectivity index (χ4v) is 4.77. The Kier molecular flexibility index (Phi) is 5.65. The van der Waals surface area contributed by atoms with Crippen LogP contribution >= 0.6 is 0 Å². The maximum Gasteiger partial charge on any atom is 0.262 e. The molecule has 1 aromatic rings. The molecule has 174 valence electrons. The largest absolute Gasteiger partial charge is 0.402 e. The highest BCUT2D eigenvalue weighted by Crippen LogP contribution is 2.34. The summed E-state index contributed by atoms with van der Waals surface area (Å²) in [4.78, 5) is 42.9. The first-order valence-corrected chi connectivity index (χ1v) is 11.6. The van der Waals surface area contributed by atoms with E-state index in [0.29, 0.717) is 29.0 Å². The molecule has 3 amide bonds. The van der Waals surface area contributed by atoms with Gasteiger partial charge in [0.05, 0.1) is 23.2 Å². The summed E-state index contributed by atoms with van der Waals surface area (Å²) in [6.07, 6.45) is 7.31. The number of piperidine rings is 1. The Balaban J connectivity index is 1.15. The Labute approximate surface area is 192 Å². The molecule has 0 radical (unpaired) electrons. The van der Waals surface area contributed by atoms with Gasteiger partial charge in [-0.25, -0.2) is 0 Å². The molecule has 2 aliphatic carbocycles. The number of nitrogens with two attached hydrogens (primary N) is 1. The molecule has 9 nitrogen and oxygen atoms in total. The van der Waals surface area contributed by atoms with Crippen molar-refractivity contribution in [2.45, 2.75) is 56.8 Å². The van der Waals surface area contributed by atoms with Crippen LogP contribution in [0.25, 0.3) is 0 Å². The molecule has 2 saturated carbocycles. The van der Waals surface area contributed by atoms with Crippen LogP contribution < -0.4 is 16.4 Å². The zero-order valence-electron chi connectivity index (χ0n) is 18.4. The summed E-state index contributed by atoms with van der Waals surface area (Å²) in [6, 6.07) is 4.72. The standard InChI is InChI=1S/C24H29N5O4/c25-19(14-1-2-14)7-8-26-16-9-13(10-16)12-27-15-3-4-17-18(11-15)24(33)29(23(17)32)20-5-6-21(30)28-22(20)31/h3-4,7-8,11,13-14,16,20,22,27,31H,1-2,5-6,9-10,12,25H2,(H,28,30). The molecule has 0 aromatic heterocycles. The lowest BCUT2D eigenvalue weighted by atomic mass is 9.80. The van der Waals surface area contributed by atoms with Crippen molar-refractivity contribution in [1.82, 2.24) is 10.2 Å². The molecule has 2 aliphatic heterocycles. The fourth-order valence-electron chi connectivity index (χ4n) is 4.77. The molecular weight excluding hydrogens is 422 g/mol. The summed E-state index contributed by atoms with van der Waals surface area (Å²) in [7, 11) is 0. The molecule has 1 aromatic carbocycles. The first-order valence-electron chi connectivity index (χ1n) is 11.6. The maximum atomic E-state index is 13.0. The van der Waals surface area contributed by atoms with Gasteiger partial charge in [-0.3, -0.25) is 24.3 Å². The highest BCUT2D eigenvalue weighted by molar-refractivity contribution is 6.22. The molecule has 0 spiro atoms. The summed E-state index contributed by atoms with van der Waals surface area (Å²) in [5.41, 5.74) is 8.33. The third-order valence-electron chi connectivity index (χ3n) is 7.01. The minimum absolute atomic E-state index is 0.165. The third kappa shape index (κ3) is 4.37. The number of allylic oxidation sites excluding steroid dienone is 2. The Morgan fingerprint density at radius 3 is 2.67 bits per heavy atom. The zero-order chi connectivity index (χ0) is 23.1. The molecule has 2 heterocycles. The van der Waals surface area contributed by atoms with Crippen molar-refractivity contribution >= 4 is 29.6 Å². The first-order chi connectivity index (χ1) is 15.9. The van der Waals surface area contributed by atoms with E-state index in [4.69, 9.17) is 5.73 Å². The smallest absolute Gasteiger partial charge is 0.262 e. The van der Waals surface area contributed by atoms with Gasteiger partial charge in [-0.1, -0.05) is 0 Å². The predicted molar refractivity (Wildman–Crippen MR) is 123 cm³/mol. The molecule has 3 fully saturated rings. The van der Waals surface area contributed by atoms with Crippen LogP contribution in [0.15, 0.2) is 35.0 Å². The number of aliphatic hydroxyl groups excluding tert-OH is 1. The van der Waals surface area contributed by atoms with E-state index in [9.17, 15) is 19.5 Å². The number of carbonyl (C=O) groups excluding carboxylic acids is 3. The highest BCUT2D eigenvalue weighted by Gasteiger charge is 2.44. The van der Waals surface area contributed by atoms with E-state index in [2.05, 4.69) is 15.6 Å². The normalized spacial score (nSPS) is 29.8. The maximum absolute atomic E-state index is 13.0. The van der Waals surface area contributed by atoms with Gasteiger partial charge in [0.25, 0.3) is 11.8 Å². The van der Waals surface area contributed by atoms with E-state index in [1.54, 1.807) is 18.2 Å². The lowest BCUT2D eigenvalue weighted by Crippen LogP contribution is -2.57. The van der Waals surface area contributed by atoms with Crippen molar-refractivity contribution in [2.24, 2.45) is 22.6 Å². The van der Waals surface area contributed by atoms with Gasteiger partial charge in [0, 0.05) is 30.6 Å². The number of carbonyl (C=O) groups is 3. The molecule has 2 atom stereocenters. The van der Waals surface area contributed by atoms with Crippen molar-refractivity contribution in [2.75, 3.05) is 11.9 Å². The topological polar surface area (TPSA) is 137 Å². The Morgan fingerprint density at radius 2 is 1.94 bits per heavy atom. The molecule has 33 heavy (non-hydrogen) atoms. The Bertz CT molecular complexity index is 1040. The van der Waals surface area contributed by atoms with Gasteiger partial charge in [-0.05, 0) is 68.2 Å². The second-order valence-corrected chi connectivity index (χ2v) is 9.47. The van der Waals surface area contributed by atoms with Crippen molar-refractivity contribution in [3.8, 4) is 0 Å². The summed E-state index contributed by atoms with van der Waals surface area (Å²) in [6.45, 7) is 0.768. The number of benzene rings is 1. The number of aliphatic hydroxyl groups is 1. The second kappa shape index (κ2) is 8.62. The molecular formula is C24H29N5O4. The number of anilines is 1. The van der Waals surface area contributed by atoms with Gasteiger partial charge >= 0.3 is 0 Å². The van der Waals surface area contributed by atoms with E-state index in [0.717, 1.165) is 35.7 Å². The first kappa shape index (κ1) is 21.6. The van der Waals surface area contributed by atoms with E-state index in [-0.39, 0.29) is 18.7 Å². The third-order valence-corrected chi connectivity index (χ3v) is 7.01. The van der Waals surface area contributed by atoms with Crippen molar-refractivity contribution < 1.29 is 19.5 Å². The molecule has 0 bridgehead atoms. The van der Waals surface area contributed by atoms with Gasteiger partial charge < -0.3 is 21.5 Å². The quantitative estimate of drug-likeness (QED) is 0.365. The number of imide groups is 1. The van der Waals surface area contributed by atoms with Gasteiger partial charge in [-0.15, -0.1) is 0 Å². The fraction of sp³-hybridized carbons (Fsp3) is 0.500. The van der Waals surface area contributed by atoms with Crippen LogP contribution in [-0.4, -0.2) is 58.8 Å². The van der Waals surface area contributed by atoms with E-state index in [1.165, 1.54) is 12.8 Å². The van der Waals surface area contributed by atoms with Gasteiger partial charge in [0.1, 0.15) is 6.23 Å². The van der Waals surface area contributed by atoms with Gasteiger partial charge in [0.15, 0.2) is 0 Å². The van der Waals surface area contributed by atoms with Crippen molar-refractivity contribution in [3.05, 3.63) is 41.1 Å². The molecule has 5 rings (SSSR count). The Hall–Kier alpha value is -3.20. The number of fused-ring (bicyclic) bond motifs is 1. The average Bonchev–Trinajstić information content (AvgIpc) is 3.58. The average molecular weight is 452 g/mol. The van der Waals surface area contributed by atoms with Gasteiger partial charge in [-0.2, -0.15) is 0 Å². The molecule has 2 unspecified atom stereocenters. The number of rotatable bonds is 7. The van der Waals surface area contributed by atoms with Crippen LogP contribution in [0.5, 0.6) is 0 Å². The number of amides is 3. The Morgan fingerprint density at radius 1 is 1.18 bits per heavy atom. The van der Waals surface area contributed by atoms with E-state index in [1.807, 2.05) is 12.3 Å². The van der Waals surface area contributed by atoms with Crippen LogP contribution in [0.1, 0.15) is 59.2 Å². The number of nitrogens with one attached hydrogen (secondary N) is 2. The summed E-state index contributed by atoms with van der Waals surface area (Å²) < 4.78 is 0. The number of nitrogens with zero attached hydrogens (tertiary/aromatic N) is 2. The molecule has 5 N–H and O–H groups in total. The SMILES string of the molecule is NC(=CC=NC1CC(CNc2ccc3c(c2)C(=O)N(C2CCC(=O)NC2O)C3=O)C1)C1CC1. The van der Waals surface area contributed by atoms with Gasteiger partial charge in [0.2, 0.25) is 5.91 Å². The summed E-state index contributed by atoms with van der Waals surface area (Å²) >= 11 is 0. The van der Waals surface area contributed by atoms with Crippen molar-refractivity contribution in [1.29, 1.82) is 0 Å². The highest BCUT2D eigenvalue weighted by atomic mass is 16.3. The number of hydrogen-bond acceptors (Lipinski definition) is 7. The summed E-state index contributed by atoms with van der Waals surface area (Å²) in [5.74, 6) is -0.0946. The van der Waals surface area contributed by atoms with Crippen LogP contribution in [0.3, 0.4) is 0 Å². The van der Waals surface area contributed by atoms with Crippen molar-refractivity contribution in [3.63, 3.8) is 0 Å². The zero-order valence-corrected chi connectivity index (χ0v) is 18.4. The molecule has 4 aliphatic rings. The van der Waals surface area contributed by atoms with E-state index < -0.39 is 24.1 Å². The van der Waals surface area contributed by atoms with Crippen LogP contribution in [-0.2, 0) is 4.79 Å². The number of hydrogen-bond donors (Lipinski definition) is 4. The second-order valence-electron chi connectivity index (χ2n) is 9.47. The van der Waals surface area contributed by atoms with Crippen LogP contribution in [0.4, 0.5) is 5.69 Å². The predicted octanol–water partition coefficient (Wildman–Crippen LogP) is 1.39. The summed E-state index contributed by atoms with van der Waals surface area (Å²) in [5, 5.41) is 15.9. The lowest BCUT2D eigenvalue weighted by molar-refractivity contribution is -0.129. The van der Waals surface area contributed by atoms with Crippen LogP contribution in [0.2, 0.25) is 0 Å². The minimum Gasteiger partial charge on any atom is -0.402 e. The van der Waals surface area contributed by atoms with Crippen LogP contribution in [0, 0.1) is 11.8 Å². The minimum atomic E-state index is -1.25. The monoisotopic (exact) mass is 451 g/mol.